The number of benzene rings is 3. The molecule has 2 heterocycles. The Morgan fingerprint density at radius 3 is 1.85 bits per heavy atom. The lowest BCUT2D eigenvalue weighted by atomic mass is 10.1. The summed E-state index contributed by atoms with van der Waals surface area (Å²) < 4.78 is 5.62. The van der Waals surface area contributed by atoms with Gasteiger partial charge in [0.25, 0.3) is 0 Å². The summed E-state index contributed by atoms with van der Waals surface area (Å²) >= 11 is 0. The number of anilines is 2. The first-order valence-corrected chi connectivity index (χ1v) is 16.0. The molecular weight excluding hydrogens is 588 g/mol. The van der Waals surface area contributed by atoms with Crippen molar-refractivity contribution in [1.29, 1.82) is 0 Å². The molecule has 0 radical (unpaired) electrons. The topological polar surface area (TPSA) is 153 Å². The smallest absolute Gasteiger partial charge is 0.410 e. The van der Waals surface area contributed by atoms with Crippen LogP contribution >= 0.6 is 0 Å². The maximum absolute atomic E-state index is 13.1. The highest BCUT2D eigenvalue weighted by atomic mass is 16.6. The Balaban J connectivity index is 1.04. The highest BCUT2D eigenvalue weighted by Gasteiger charge is 2.32. The minimum Gasteiger partial charge on any atom is -0.445 e. The summed E-state index contributed by atoms with van der Waals surface area (Å²) in [6.07, 6.45) is -1.33. The third kappa shape index (κ3) is 8.74. The van der Waals surface area contributed by atoms with Gasteiger partial charge in [-0.05, 0) is 56.5 Å². The van der Waals surface area contributed by atoms with Crippen molar-refractivity contribution in [2.75, 3.05) is 49.9 Å². The van der Waals surface area contributed by atoms with Crippen LogP contribution in [-0.2, 0) is 11.3 Å². The first-order valence-electron chi connectivity index (χ1n) is 16.0. The van der Waals surface area contributed by atoms with Crippen molar-refractivity contribution >= 4 is 17.5 Å². The predicted molar refractivity (Wildman–Crippen MR) is 175 cm³/mol. The summed E-state index contributed by atoms with van der Waals surface area (Å²) in [4.78, 5) is 18.0. The molecule has 46 heavy (non-hydrogen) atoms. The summed E-state index contributed by atoms with van der Waals surface area (Å²) in [7, 11) is 0. The molecule has 0 saturated carbocycles. The zero-order valence-electron chi connectivity index (χ0n) is 26.0. The van der Waals surface area contributed by atoms with Gasteiger partial charge in [0.2, 0.25) is 0 Å². The third-order valence-electron chi connectivity index (χ3n) is 8.41. The second-order valence-electron chi connectivity index (χ2n) is 11.6. The van der Waals surface area contributed by atoms with Crippen molar-refractivity contribution in [2.24, 2.45) is 0 Å². The van der Waals surface area contributed by atoms with Crippen LogP contribution in [0.4, 0.5) is 16.2 Å². The summed E-state index contributed by atoms with van der Waals surface area (Å²) in [5.41, 5.74) is 3.79. The van der Waals surface area contributed by atoms with Crippen molar-refractivity contribution in [3.05, 3.63) is 95.6 Å². The third-order valence-corrected chi connectivity index (χ3v) is 8.41. The highest BCUT2D eigenvalue weighted by molar-refractivity contribution is 5.67. The lowest BCUT2D eigenvalue weighted by Gasteiger charge is -2.38. The van der Waals surface area contributed by atoms with Gasteiger partial charge < -0.3 is 46.0 Å². The standard InChI is InChI=1S/C34H46N6O6/c41-30-26-14-4-6-16-28(26)36-32(43)39(30)22-10-19-35-18-8-9-20-38(34(45)46-24-25-12-2-1-3-13-25)21-11-23-40-31(42)27-15-5-7-17-29(27)37-33(40)44/h1-7,12-17,30-33,35-37,41-44H,8-11,18-24H2. The lowest BCUT2D eigenvalue weighted by molar-refractivity contribution is -0.0988. The number of para-hydroxylation sites is 2. The number of aliphatic hydroxyl groups excluding tert-OH is 4. The SMILES string of the molecule is O=C(OCc1ccccc1)N(CCCCNCCCN1C(O)Nc2ccccc2C1O)CCCN1C(O)Nc2ccccc2C1O. The molecule has 248 valence electrons. The number of unbranched alkanes of at least 4 members (excludes halogenated alkanes) is 1. The summed E-state index contributed by atoms with van der Waals surface area (Å²) in [5.74, 6) is 0. The maximum Gasteiger partial charge on any atom is 0.410 e. The molecule has 2 aliphatic heterocycles. The number of carbonyl (C=O) groups excluding carboxylic acids is 1. The van der Waals surface area contributed by atoms with E-state index in [0.717, 1.165) is 49.2 Å². The molecule has 0 fully saturated rings. The Labute approximate surface area is 270 Å². The zero-order valence-corrected chi connectivity index (χ0v) is 26.0. The van der Waals surface area contributed by atoms with Crippen LogP contribution in [0.3, 0.4) is 0 Å². The zero-order chi connectivity index (χ0) is 32.3. The monoisotopic (exact) mass is 634 g/mol. The van der Waals surface area contributed by atoms with Crippen molar-refractivity contribution in [2.45, 2.75) is 57.4 Å². The molecule has 5 rings (SSSR count). The fraction of sp³-hybridized carbons (Fsp3) is 0.441. The fourth-order valence-corrected chi connectivity index (χ4v) is 5.88. The molecule has 1 amide bonds. The van der Waals surface area contributed by atoms with Gasteiger partial charge in [-0.25, -0.2) is 14.6 Å². The summed E-state index contributed by atoms with van der Waals surface area (Å²) in [5, 5.41) is 52.0. The number of rotatable bonds is 15. The quantitative estimate of drug-likeness (QED) is 0.123. The Morgan fingerprint density at radius 2 is 1.22 bits per heavy atom. The average Bonchev–Trinajstić information content (AvgIpc) is 3.07. The first-order chi connectivity index (χ1) is 22.4. The molecule has 0 spiro atoms. The second-order valence-corrected chi connectivity index (χ2v) is 11.6. The largest absolute Gasteiger partial charge is 0.445 e. The fourth-order valence-electron chi connectivity index (χ4n) is 5.88. The van der Waals surface area contributed by atoms with Crippen LogP contribution in [0.15, 0.2) is 78.9 Å². The van der Waals surface area contributed by atoms with E-state index in [-0.39, 0.29) is 6.61 Å². The first kappa shape index (κ1) is 33.6. The van der Waals surface area contributed by atoms with Gasteiger partial charge in [-0.1, -0.05) is 66.7 Å². The number of ether oxygens (including phenoxy) is 1. The van der Waals surface area contributed by atoms with E-state index in [0.29, 0.717) is 43.9 Å². The van der Waals surface area contributed by atoms with Crippen molar-refractivity contribution in [3.8, 4) is 0 Å². The molecule has 4 unspecified atom stereocenters. The van der Waals surface area contributed by atoms with Crippen LogP contribution in [0, 0.1) is 0 Å². The average molecular weight is 635 g/mol. The second kappa shape index (κ2) is 16.7. The van der Waals surface area contributed by atoms with E-state index in [1.807, 2.05) is 78.9 Å². The number of carbonyl (C=O) groups is 1. The highest BCUT2D eigenvalue weighted by Crippen LogP contribution is 2.33. The Kier molecular flexibility index (Phi) is 12.2. The van der Waals surface area contributed by atoms with Gasteiger partial charge in [-0.15, -0.1) is 0 Å². The number of aliphatic hydroxyl groups is 4. The van der Waals surface area contributed by atoms with E-state index in [1.54, 1.807) is 14.7 Å². The molecule has 12 nitrogen and oxygen atoms in total. The van der Waals surface area contributed by atoms with Gasteiger partial charge in [0.1, 0.15) is 19.1 Å². The van der Waals surface area contributed by atoms with Crippen molar-refractivity contribution < 1.29 is 30.0 Å². The van der Waals surface area contributed by atoms with E-state index in [1.165, 1.54) is 0 Å². The molecule has 0 saturated heterocycles. The number of nitrogens with zero attached hydrogens (tertiary/aromatic N) is 3. The molecular formula is C34H46N6O6. The molecule has 4 atom stereocenters. The number of nitrogens with one attached hydrogen (secondary N) is 3. The Morgan fingerprint density at radius 1 is 0.696 bits per heavy atom. The Hall–Kier alpha value is -3.75. The number of hydrogen-bond acceptors (Lipinski definition) is 11. The summed E-state index contributed by atoms with van der Waals surface area (Å²) in [6.45, 7) is 3.47. The van der Waals surface area contributed by atoms with Gasteiger partial charge in [0, 0.05) is 48.7 Å². The molecule has 3 aromatic carbocycles. The Bertz CT molecular complexity index is 1380. The lowest BCUT2D eigenvalue weighted by Crippen LogP contribution is -2.48. The predicted octanol–water partition coefficient (Wildman–Crippen LogP) is 3.16. The molecule has 0 aliphatic carbocycles. The van der Waals surface area contributed by atoms with Gasteiger partial charge in [0.15, 0.2) is 12.7 Å². The number of fused-ring (bicyclic) bond motifs is 2. The van der Waals surface area contributed by atoms with Crippen molar-refractivity contribution in [3.63, 3.8) is 0 Å². The van der Waals surface area contributed by atoms with E-state index in [9.17, 15) is 25.2 Å². The van der Waals surface area contributed by atoms with Gasteiger partial charge >= 0.3 is 6.09 Å². The normalized spacial score (nSPS) is 21.0. The van der Waals surface area contributed by atoms with Gasteiger partial charge in [-0.2, -0.15) is 0 Å². The van der Waals surface area contributed by atoms with Crippen molar-refractivity contribution in [1.82, 2.24) is 20.0 Å². The van der Waals surface area contributed by atoms with Gasteiger partial charge in [-0.3, -0.25) is 0 Å². The molecule has 3 aromatic rings. The number of amides is 1. The minimum atomic E-state index is -1.04. The molecule has 12 heteroatoms. The molecule has 0 bridgehead atoms. The van der Waals surface area contributed by atoms with Crippen LogP contribution in [0.2, 0.25) is 0 Å². The maximum atomic E-state index is 13.1. The summed E-state index contributed by atoms with van der Waals surface area (Å²) in [6, 6.07) is 24.3. The van der Waals surface area contributed by atoms with Gasteiger partial charge in [0.05, 0.1) is 0 Å². The van der Waals surface area contributed by atoms with E-state index >= 15 is 0 Å². The van der Waals surface area contributed by atoms with Crippen LogP contribution in [-0.4, -0.2) is 93.2 Å². The van der Waals surface area contributed by atoms with Crippen LogP contribution in [0.1, 0.15) is 54.8 Å². The molecule has 2 aliphatic rings. The van der Waals surface area contributed by atoms with Crippen LogP contribution in [0.5, 0.6) is 0 Å². The van der Waals surface area contributed by atoms with E-state index in [4.69, 9.17) is 4.74 Å². The molecule has 7 N–H and O–H groups in total. The van der Waals surface area contributed by atoms with E-state index < -0.39 is 31.3 Å². The van der Waals surface area contributed by atoms with E-state index in [2.05, 4.69) is 16.0 Å². The van der Waals surface area contributed by atoms with Crippen LogP contribution in [0.25, 0.3) is 0 Å². The molecule has 0 aromatic heterocycles. The van der Waals surface area contributed by atoms with Crippen LogP contribution < -0.4 is 16.0 Å². The number of hydrogen-bond donors (Lipinski definition) is 7. The minimum absolute atomic E-state index is 0.184.